The Morgan fingerprint density at radius 3 is 2.71 bits per heavy atom. The van der Waals surface area contributed by atoms with Gasteiger partial charge < -0.3 is 15.0 Å². The van der Waals surface area contributed by atoms with Crippen LogP contribution in [0.2, 0.25) is 0 Å². The second-order valence-electron chi connectivity index (χ2n) is 8.04. The summed E-state index contributed by atoms with van der Waals surface area (Å²) in [6.45, 7) is 7.15. The number of aromatic amines is 1. The minimum atomic E-state index is 0.553. The van der Waals surface area contributed by atoms with E-state index in [1.165, 1.54) is 0 Å². The molecule has 2 heterocycles. The minimum absolute atomic E-state index is 0.553. The monoisotopic (exact) mass is 468 g/mol. The summed E-state index contributed by atoms with van der Waals surface area (Å²) < 4.78 is 5.46. The molecule has 0 aliphatic carbocycles. The molecule has 1 saturated heterocycles. The van der Waals surface area contributed by atoms with Crippen LogP contribution in [-0.4, -0.2) is 53.1 Å². The summed E-state index contributed by atoms with van der Waals surface area (Å²) in [6.07, 6.45) is 6.62. The van der Waals surface area contributed by atoms with E-state index in [-0.39, 0.29) is 0 Å². The summed E-state index contributed by atoms with van der Waals surface area (Å²) in [6, 6.07) is 16.0. The number of hydrogen-bond acceptors (Lipinski definition) is 8. The van der Waals surface area contributed by atoms with Gasteiger partial charge in [-0.3, -0.25) is 0 Å². The molecule has 2 N–H and O–H groups in total. The van der Waals surface area contributed by atoms with E-state index in [1.807, 2.05) is 55.5 Å². The van der Waals surface area contributed by atoms with Crippen molar-refractivity contribution in [2.24, 2.45) is 4.99 Å². The normalized spacial score (nSPS) is 14.8. The second kappa shape index (κ2) is 11.7. The molecule has 1 aliphatic rings. The molecule has 178 valence electrons. The highest BCUT2D eigenvalue weighted by Crippen LogP contribution is 2.25. The fourth-order valence-corrected chi connectivity index (χ4v) is 3.70. The highest BCUT2D eigenvalue weighted by molar-refractivity contribution is 5.85. The molecule has 0 atom stereocenters. The van der Waals surface area contributed by atoms with Gasteiger partial charge in [0.2, 0.25) is 5.82 Å². The Labute approximate surface area is 204 Å². The second-order valence-corrected chi connectivity index (χ2v) is 8.04. The Hall–Kier alpha value is -4.29. The Balaban J connectivity index is 1.47. The van der Waals surface area contributed by atoms with Gasteiger partial charge in [0.15, 0.2) is 0 Å². The molecule has 2 aromatic carbocycles. The molecular formula is C26H28N8O. The molecule has 1 aliphatic heterocycles. The van der Waals surface area contributed by atoms with E-state index in [4.69, 9.17) is 4.74 Å². The van der Waals surface area contributed by atoms with Crippen LogP contribution in [-0.2, 0) is 4.74 Å². The maximum Gasteiger partial charge on any atom is 0.204 e. The lowest BCUT2D eigenvalue weighted by Gasteiger charge is -2.29. The maximum atomic E-state index is 9.52. The first-order valence-corrected chi connectivity index (χ1v) is 11.6. The number of ether oxygens (including phenoxy) is 1. The fraction of sp³-hybridized carbons (Fsp3) is 0.269. The number of benzene rings is 2. The zero-order chi connectivity index (χ0) is 24.5. The molecule has 9 heteroatoms. The SMILES string of the molecule is CC/C=C(/N=C\C=C(/C)c1cc(C#N)cc(N2CCOCC2)c1)Nc1ccc(-c2nn[nH]n2)cc1. The number of tetrazole rings is 1. The van der Waals surface area contributed by atoms with Gasteiger partial charge in [0.25, 0.3) is 0 Å². The van der Waals surface area contributed by atoms with Gasteiger partial charge in [0.05, 0.1) is 24.8 Å². The molecule has 3 aromatic rings. The Morgan fingerprint density at radius 2 is 2.03 bits per heavy atom. The van der Waals surface area contributed by atoms with Crippen LogP contribution >= 0.6 is 0 Å². The number of anilines is 2. The Morgan fingerprint density at radius 1 is 1.23 bits per heavy atom. The van der Waals surface area contributed by atoms with E-state index < -0.39 is 0 Å². The number of morpholine rings is 1. The van der Waals surface area contributed by atoms with E-state index in [0.717, 1.165) is 53.4 Å². The molecule has 1 fully saturated rings. The third-order valence-corrected chi connectivity index (χ3v) is 5.57. The Bertz CT molecular complexity index is 1250. The number of nitrogens with zero attached hydrogens (tertiary/aromatic N) is 6. The number of hydrogen-bond donors (Lipinski definition) is 2. The number of H-pyrrole nitrogens is 1. The molecule has 1 aromatic heterocycles. The van der Waals surface area contributed by atoms with Crippen LogP contribution < -0.4 is 10.2 Å². The molecule has 0 unspecified atom stereocenters. The van der Waals surface area contributed by atoms with Crippen LogP contribution in [0.3, 0.4) is 0 Å². The zero-order valence-electron chi connectivity index (χ0n) is 19.9. The van der Waals surface area contributed by atoms with Gasteiger partial charge in [-0.15, -0.1) is 10.2 Å². The lowest BCUT2D eigenvalue weighted by Crippen LogP contribution is -2.36. The van der Waals surface area contributed by atoms with Gasteiger partial charge in [0, 0.05) is 36.2 Å². The summed E-state index contributed by atoms with van der Waals surface area (Å²) in [5, 5.41) is 26.9. The van der Waals surface area contributed by atoms with Crippen LogP contribution in [0.15, 0.2) is 65.4 Å². The fourth-order valence-electron chi connectivity index (χ4n) is 3.70. The maximum absolute atomic E-state index is 9.52. The van der Waals surface area contributed by atoms with Crippen molar-refractivity contribution in [3.05, 3.63) is 71.6 Å². The van der Waals surface area contributed by atoms with Crippen LogP contribution in [0.25, 0.3) is 17.0 Å². The van der Waals surface area contributed by atoms with Gasteiger partial charge in [-0.05, 0) is 84.3 Å². The van der Waals surface area contributed by atoms with Gasteiger partial charge in [0.1, 0.15) is 5.82 Å². The van der Waals surface area contributed by atoms with E-state index in [0.29, 0.717) is 24.6 Å². The van der Waals surface area contributed by atoms with Gasteiger partial charge in [-0.1, -0.05) is 6.92 Å². The molecule has 0 radical (unpaired) electrons. The van der Waals surface area contributed by atoms with Crippen molar-refractivity contribution >= 4 is 23.2 Å². The van der Waals surface area contributed by atoms with E-state index >= 15 is 0 Å². The first-order valence-electron chi connectivity index (χ1n) is 11.6. The van der Waals surface area contributed by atoms with E-state index in [2.05, 4.69) is 54.9 Å². The highest BCUT2D eigenvalue weighted by Gasteiger charge is 2.13. The van der Waals surface area contributed by atoms with Crippen molar-refractivity contribution in [3.8, 4) is 17.5 Å². The van der Waals surface area contributed by atoms with E-state index in [9.17, 15) is 5.26 Å². The summed E-state index contributed by atoms with van der Waals surface area (Å²) in [5.74, 6) is 1.31. The van der Waals surface area contributed by atoms with Gasteiger partial charge in [-0.25, -0.2) is 4.99 Å². The first kappa shape index (κ1) is 23.9. The molecule has 4 rings (SSSR count). The van der Waals surface area contributed by atoms with Crippen LogP contribution in [0.5, 0.6) is 0 Å². The lowest BCUT2D eigenvalue weighted by molar-refractivity contribution is 0.122. The molecule has 35 heavy (non-hydrogen) atoms. The lowest BCUT2D eigenvalue weighted by atomic mass is 10.0. The number of allylic oxidation sites excluding steroid dienone is 3. The average molecular weight is 469 g/mol. The standard InChI is InChI=1S/C26H28N8O/c1-3-4-25(29-23-7-5-21(6-8-23)26-30-32-33-31-26)28-10-9-19(2)22-15-20(18-27)16-24(17-22)34-11-13-35-14-12-34/h4-10,15-17,29H,3,11-14H2,1-2H3,(H,30,31,32,33)/b19-9+,25-4-,28-10-. The number of aliphatic imine (C=N–C) groups is 1. The average Bonchev–Trinajstić information content (AvgIpc) is 3.44. The summed E-state index contributed by atoms with van der Waals surface area (Å²) in [7, 11) is 0. The topological polar surface area (TPSA) is 115 Å². The first-order chi connectivity index (χ1) is 17.2. The van der Waals surface area contributed by atoms with Gasteiger partial charge >= 0.3 is 0 Å². The summed E-state index contributed by atoms with van der Waals surface area (Å²) >= 11 is 0. The predicted molar refractivity (Wildman–Crippen MR) is 138 cm³/mol. The number of nitriles is 1. The molecule has 0 saturated carbocycles. The molecule has 9 nitrogen and oxygen atoms in total. The van der Waals surface area contributed by atoms with Crippen LogP contribution in [0, 0.1) is 11.3 Å². The molecule has 0 amide bonds. The summed E-state index contributed by atoms with van der Waals surface area (Å²) in [4.78, 5) is 6.87. The minimum Gasteiger partial charge on any atom is -0.378 e. The Kier molecular flexibility index (Phi) is 7.99. The van der Waals surface area contributed by atoms with Crippen molar-refractivity contribution in [3.63, 3.8) is 0 Å². The smallest absolute Gasteiger partial charge is 0.204 e. The highest BCUT2D eigenvalue weighted by atomic mass is 16.5. The van der Waals surface area contributed by atoms with E-state index in [1.54, 1.807) is 6.21 Å². The molecule has 0 bridgehead atoms. The third-order valence-electron chi connectivity index (χ3n) is 5.57. The third kappa shape index (κ3) is 6.40. The predicted octanol–water partition coefficient (Wildman–Crippen LogP) is 4.41. The van der Waals surface area contributed by atoms with Crippen LogP contribution in [0.1, 0.15) is 31.4 Å². The number of nitrogens with one attached hydrogen (secondary N) is 2. The number of aromatic nitrogens is 4. The zero-order valence-corrected chi connectivity index (χ0v) is 19.9. The van der Waals surface area contributed by atoms with Crippen LogP contribution in [0.4, 0.5) is 11.4 Å². The quantitative estimate of drug-likeness (QED) is 0.471. The van der Waals surface area contributed by atoms with Crippen molar-refractivity contribution in [2.75, 3.05) is 36.5 Å². The van der Waals surface area contributed by atoms with Crippen molar-refractivity contribution in [1.82, 2.24) is 20.6 Å². The van der Waals surface area contributed by atoms with Crippen molar-refractivity contribution in [1.29, 1.82) is 5.26 Å². The molecular weight excluding hydrogens is 440 g/mol. The molecule has 0 spiro atoms. The summed E-state index contributed by atoms with van der Waals surface area (Å²) in [5.41, 5.74) is 5.51. The largest absolute Gasteiger partial charge is 0.378 e. The number of rotatable bonds is 8. The van der Waals surface area contributed by atoms with Crippen molar-refractivity contribution < 1.29 is 4.74 Å². The van der Waals surface area contributed by atoms with Gasteiger partial charge in [-0.2, -0.15) is 10.5 Å². The van der Waals surface area contributed by atoms with Crippen molar-refractivity contribution in [2.45, 2.75) is 20.3 Å².